The quantitative estimate of drug-likeness (QED) is 0.360. The van der Waals surface area contributed by atoms with Crippen molar-refractivity contribution >= 4 is 11.8 Å². The normalized spacial score (nSPS) is 11.5. The van der Waals surface area contributed by atoms with Crippen molar-refractivity contribution in [3.63, 3.8) is 0 Å². The third-order valence-electron chi connectivity index (χ3n) is 3.27. The number of carbonyl (C=O) groups excluding carboxylic acids is 1. The Morgan fingerprint density at radius 3 is 2.19 bits per heavy atom. The van der Waals surface area contributed by atoms with E-state index in [0.717, 1.165) is 51.4 Å². The summed E-state index contributed by atoms with van der Waals surface area (Å²) in [5, 5.41) is 8.50. The van der Waals surface area contributed by atoms with Gasteiger partial charge in [0.05, 0.1) is 0 Å². The summed E-state index contributed by atoms with van der Waals surface area (Å²) in [4.78, 5) is 21.8. The molecule has 120 valence electrons. The molecule has 3 nitrogen and oxygen atoms in total. The Labute approximate surface area is 129 Å². The molecule has 0 amide bonds. The Bertz CT molecular complexity index is 329. The van der Waals surface area contributed by atoms with E-state index < -0.39 is 5.97 Å². The lowest BCUT2D eigenvalue weighted by Gasteiger charge is -1.98. The van der Waals surface area contributed by atoms with E-state index in [1.165, 1.54) is 0 Å². The molecule has 0 aromatic rings. The number of ketones is 1. The molecule has 0 saturated carbocycles. The molecule has 0 unspecified atom stereocenters. The van der Waals surface area contributed by atoms with Crippen molar-refractivity contribution in [1.82, 2.24) is 0 Å². The number of carboxylic acid groups (broad SMARTS) is 1. The number of carboxylic acids is 1. The van der Waals surface area contributed by atoms with Gasteiger partial charge in [-0.05, 0) is 32.1 Å². The van der Waals surface area contributed by atoms with Crippen LogP contribution in [0.15, 0.2) is 24.3 Å². The lowest BCUT2D eigenvalue weighted by atomic mass is 10.1. The van der Waals surface area contributed by atoms with Crippen LogP contribution in [-0.2, 0) is 9.59 Å². The lowest BCUT2D eigenvalue weighted by Crippen LogP contribution is -1.93. The number of aliphatic carboxylic acids is 1. The van der Waals surface area contributed by atoms with Crippen molar-refractivity contribution in [3.05, 3.63) is 24.3 Å². The van der Waals surface area contributed by atoms with Gasteiger partial charge >= 0.3 is 5.97 Å². The van der Waals surface area contributed by atoms with Gasteiger partial charge in [-0.3, -0.25) is 9.59 Å². The van der Waals surface area contributed by atoms with Gasteiger partial charge in [0.15, 0.2) is 0 Å². The monoisotopic (exact) mass is 294 g/mol. The Kier molecular flexibility index (Phi) is 14.0. The van der Waals surface area contributed by atoms with E-state index >= 15 is 0 Å². The minimum Gasteiger partial charge on any atom is -0.481 e. The minimum atomic E-state index is -0.697. The van der Waals surface area contributed by atoms with Gasteiger partial charge in [-0.2, -0.15) is 0 Å². The Balaban J connectivity index is 3.31. The maximum Gasteiger partial charge on any atom is 0.303 e. The van der Waals surface area contributed by atoms with Crippen LogP contribution in [0.1, 0.15) is 77.6 Å². The van der Waals surface area contributed by atoms with Gasteiger partial charge in [0, 0.05) is 19.3 Å². The molecule has 0 aliphatic rings. The molecular weight excluding hydrogens is 264 g/mol. The molecule has 3 heteroatoms. The first-order valence-electron chi connectivity index (χ1n) is 8.20. The Morgan fingerprint density at radius 2 is 1.48 bits per heavy atom. The van der Waals surface area contributed by atoms with E-state index in [-0.39, 0.29) is 0 Å². The number of unbranched alkanes of at least 4 members (excludes halogenated alkanes) is 5. The third kappa shape index (κ3) is 16.6. The first kappa shape index (κ1) is 19.6. The fourth-order valence-corrected chi connectivity index (χ4v) is 2.03. The maximum atomic E-state index is 11.5. The first-order valence-corrected chi connectivity index (χ1v) is 8.20. The van der Waals surface area contributed by atoms with Crippen molar-refractivity contribution in [3.8, 4) is 0 Å². The lowest BCUT2D eigenvalue weighted by molar-refractivity contribution is -0.137. The van der Waals surface area contributed by atoms with E-state index in [0.29, 0.717) is 25.0 Å². The van der Waals surface area contributed by atoms with Crippen LogP contribution in [0.5, 0.6) is 0 Å². The largest absolute Gasteiger partial charge is 0.481 e. The molecule has 0 spiro atoms. The summed E-state index contributed by atoms with van der Waals surface area (Å²) in [7, 11) is 0. The standard InChI is InChI=1S/C18H30O3/c1-2-3-11-14-17(19)15-12-9-7-5-4-6-8-10-13-16-18(20)21/h3,7,9,11H,2,4-6,8,10,12-16H2,1H3,(H,20,21)/b9-7-,11-3-. The Hall–Kier alpha value is -1.38. The smallest absolute Gasteiger partial charge is 0.303 e. The molecule has 0 heterocycles. The van der Waals surface area contributed by atoms with E-state index in [2.05, 4.69) is 19.1 Å². The van der Waals surface area contributed by atoms with Crippen molar-refractivity contribution in [2.75, 3.05) is 0 Å². The fourth-order valence-electron chi connectivity index (χ4n) is 2.03. The first-order chi connectivity index (χ1) is 10.2. The van der Waals surface area contributed by atoms with Crippen molar-refractivity contribution in [2.45, 2.75) is 77.6 Å². The van der Waals surface area contributed by atoms with Crippen LogP contribution in [0.2, 0.25) is 0 Å². The van der Waals surface area contributed by atoms with Gasteiger partial charge in [-0.25, -0.2) is 0 Å². The molecule has 0 atom stereocenters. The average molecular weight is 294 g/mol. The predicted octanol–water partition coefficient (Wildman–Crippen LogP) is 5.06. The molecule has 0 aliphatic heterocycles. The van der Waals surface area contributed by atoms with Crippen LogP contribution in [0, 0.1) is 0 Å². The molecule has 0 aliphatic carbocycles. The van der Waals surface area contributed by atoms with Crippen molar-refractivity contribution < 1.29 is 14.7 Å². The second-order valence-electron chi connectivity index (χ2n) is 5.33. The van der Waals surface area contributed by atoms with Gasteiger partial charge in [0.2, 0.25) is 0 Å². The van der Waals surface area contributed by atoms with Gasteiger partial charge in [-0.15, -0.1) is 0 Å². The highest BCUT2D eigenvalue weighted by atomic mass is 16.4. The highest BCUT2D eigenvalue weighted by Crippen LogP contribution is 2.08. The molecule has 0 aromatic heterocycles. The fraction of sp³-hybridized carbons (Fsp3) is 0.667. The van der Waals surface area contributed by atoms with Crippen LogP contribution in [0.25, 0.3) is 0 Å². The van der Waals surface area contributed by atoms with E-state index in [1.54, 1.807) is 0 Å². The van der Waals surface area contributed by atoms with Crippen LogP contribution >= 0.6 is 0 Å². The van der Waals surface area contributed by atoms with Crippen LogP contribution in [0.3, 0.4) is 0 Å². The Morgan fingerprint density at radius 1 is 0.810 bits per heavy atom. The van der Waals surface area contributed by atoms with Gasteiger partial charge in [-0.1, -0.05) is 50.5 Å². The SMILES string of the molecule is CC/C=C\CC(=O)CC/C=C\CCCCCCCC(=O)O. The molecule has 21 heavy (non-hydrogen) atoms. The molecule has 0 fully saturated rings. The predicted molar refractivity (Wildman–Crippen MR) is 87.4 cm³/mol. The summed E-state index contributed by atoms with van der Waals surface area (Å²) in [5.74, 6) is -0.388. The van der Waals surface area contributed by atoms with Crippen molar-refractivity contribution in [1.29, 1.82) is 0 Å². The highest BCUT2D eigenvalue weighted by molar-refractivity contribution is 5.79. The number of Topliss-reactive ketones (excluding diaryl/α,β-unsaturated/α-hetero) is 1. The molecule has 0 aromatic carbocycles. The van der Waals surface area contributed by atoms with Crippen molar-refractivity contribution in [2.24, 2.45) is 0 Å². The summed E-state index contributed by atoms with van der Waals surface area (Å²) in [6.45, 7) is 2.07. The van der Waals surface area contributed by atoms with Crippen LogP contribution in [-0.4, -0.2) is 16.9 Å². The molecule has 1 N–H and O–H groups in total. The van der Waals surface area contributed by atoms with Gasteiger partial charge in [0.25, 0.3) is 0 Å². The summed E-state index contributed by atoms with van der Waals surface area (Å²) in [6, 6.07) is 0. The van der Waals surface area contributed by atoms with Gasteiger partial charge < -0.3 is 5.11 Å². The summed E-state index contributed by atoms with van der Waals surface area (Å²) >= 11 is 0. The van der Waals surface area contributed by atoms with E-state index in [4.69, 9.17) is 5.11 Å². The zero-order valence-corrected chi connectivity index (χ0v) is 13.4. The second-order valence-corrected chi connectivity index (χ2v) is 5.33. The number of hydrogen-bond donors (Lipinski definition) is 1. The average Bonchev–Trinajstić information content (AvgIpc) is 2.44. The minimum absolute atomic E-state index is 0.293. The maximum absolute atomic E-state index is 11.5. The third-order valence-corrected chi connectivity index (χ3v) is 3.27. The van der Waals surface area contributed by atoms with Crippen LogP contribution in [0.4, 0.5) is 0 Å². The van der Waals surface area contributed by atoms with Crippen LogP contribution < -0.4 is 0 Å². The van der Waals surface area contributed by atoms with E-state index in [1.807, 2.05) is 12.2 Å². The number of hydrogen-bond acceptors (Lipinski definition) is 2. The highest BCUT2D eigenvalue weighted by Gasteiger charge is 1.97. The second kappa shape index (κ2) is 15.0. The molecular formula is C18H30O3. The summed E-state index contributed by atoms with van der Waals surface area (Å²) < 4.78 is 0. The molecule has 0 bridgehead atoms. The molecule has 0 rings (SSSR count). The number of carbonyl (C=O) groups is 2. The molecule has 0 saturated heterocycles. The number of allylic oxidation sites excluding steroid dienone is 4. The summed E-state index contributed by atoms with van der Waals surface area (Å²) in [5.41, 5.74) is 0. The topological polar surface area (TPSA) is 54.4 Å². The zero-order chi connectivity index (χ0) is 15.8. The number of rotatable bonds is 14. The van der Waals surface area contributed by atoms with Gasteiger partial charge in [0.1, 0.15) is 5.78 Å². The summed E-state index contributed by atoms with van der Waals surface area (Å²) in [6.07, 6.45) is 17.9. The molecule has 0 radical (unpaired) electrons. The zero-order valence-electron chi connectivity index (χ0n) is 13.4. The van der Waals surface area contributed by atoms with E-state index in [9.17, 15) is 9.59 Å².